The number of nitrogens with zero attached hydrogens (tertiary/aromatic N) is 4. The van der Waals surface area contributed by atoms with Crippen LogP contribution in [0.15, 0.2) is 38.4 Å². The predicted octanol–water partition coefficient (Wildman–Crippen LogP) is 2.13. The molecule has 0 amide bonds. The van der Waals surface area contributed by atoms with E-state index in [4.69, 9.17) is 8.94 Å². The molecule has 0 aliphatic carbocycles. The van der Waals surface area contributed by atoms with Gasteiger partial charge in [0.05, 0.1) is 12.0 Å². The van der Waals surface area contributed by atoms with Crippen LogP contribution in [0.3, 0.4) is 0 Å². The third-order valence-electron chi connectivity index (χ3n) is 4.18. The van der Waals surface area contributed by atoms with Crippen LogP contribution >= 0.6 is 24.0 Å². The number of rotatable bonds is 5. The van der Waals surface area contributed by atoms with Gasteiger partial charge in [-0.1, -0.05) is 5.16 Å². The summed E-state index contributed by atoms with van der Waals surface area (Å²) in [6, 6.07) is 5.91. The van der Waals surface area contributed by atoms with Crippen molar-refractivity contribution < 1.29 is 8.94 Å². The van der Waals surface area contributed by atoms with Crippen LogP contribution in [0.25, 0.3) is 0 Å². The molecule has 0 saturated carbocycles. The van der Waals surface area contributed by atoms with Gasteiger partial charge in [0.1, 0.15) is 11.5 Å². The van der Waals surface area contributed by atoms with Crippen molar-refractivity contribution in [1.82, 2.24) is 20.3 Å². The van der Waals surface area contributed by atoms with Gasteiger partial charge in [-0.2, -0.15) is 0 Å². The van der Waals surface area contributed by atoms with Crippen molar-refractivity contribution in [2.45, 2.75) is 19.9 Å². The summed E-state index contributed by atoms with van der Waals surface area (Å²) in [4.78, 5) is 9.09. The molecule has 0 unspecified atom stereocenters. The molecule has 8 heteroatoms. The maximum absolute atomic E-state index is 5.35. The second-order valence-electron chi connectivity index (χ2n) is 6.00. The molecule has 3 heterocycles. The lowest BCUT2D eigenvalue weighted by Crippen LogP contribution is -2.52. The van der Waals surface area contributed by atoms with E-state index in [1.54, 1.807) is 6.26 Å². The fraction of sp³-hybridized carbons (Fsp3) is 0.529. The van der Waals surface area contributed by atoms with Gasteiger partial charge in [-0.3, -0.25) is 9.89 Å². The highest BCUT2D eigenvalue weighted by molar-refractivity contribution is 14.0. The molecule has 0 radical (unpaired) electrons. The van der Waals surface area contributed by atoms with E-state index in [1.165, 1.54) is 0 Å². The molecular formula is C17H26IN5O2. The first-order valence-electron chi connectivity index (χ1n) is 8.37. The van der Waals surface area contributed by atoms with Crippen LogP contribution in [0.5, 0.6) is 0 Å². The lowest BCUT2D eigenvalue weighted by Gasteiger charge is -2.36. The average molecular weight is 459 g/mol. The topological polar surface area (TPSA) is 70.0 Å². The van der Waals surface area contributed by atoms with Crippen LogP contribution in [0.1, 0.15) is 17.2 Å². The van der Waals surface area contributed by atoms with E-state index < -0.39 is 0 Å². The first-order chi connectivity index (χ1) is 11.7. The van der Waals surface area contributed by atoms with E-state index in [2.05, 4.69) is 25.3 Å². The Hall–Kier alpha value is -1.55. The van der Waals surface area contributed by atoms with Crippen LogP contribution in [0.2, 0.25) is 0 Å². The maximum Gasteiger partial charge on any atom is 0.193 e. The highest BCUT2D eigenvalue weighted by atomic mass is 127. The lowest BCUT2D eigenvalue weighted by atomic mass is 10.3. The van der Waals surface area contributed by atoms with Gasteiger partial charge in [0.15, 0.2) is 5.96 Å². The van der Waals surface area contributed by atoms with E-state index in [0.29, 0.717) is 0 Å². The van der Waals surface area contributed by atoms with Crippen molar-refractivity contribution in [1.29, 1.82) is 0 Å². The van der Waals surface area contributed by atoms with E-state index in [-0.39, 0.29) is 24.0 Å². The molecule has 0 atom stereocenters. The number of furan rings is 1. The molecule has 1 aliphatic rings. The van der Waals surface area contributed by atoms with Crippen molar-refractivity contribution in [3.05, 3.63) is 41.7 Å². The highest BCUT2D eigenvalue weighted by Gasteiger charge is 2.20. The third-order valence-corrected chi connectivity index (χ3v) is 4.18. The third kappa shape index (κ3) is 5.74. The summed E-state index contributed by atoms with van der Waals surface area (Å²) in [6.45, 7) is 7.48. The molecule has 1 fully saturated rings. The van der Waals surface area contributed by atoms with Crippen molar-refractivity contribution in [2.24, 2.45) is 4.99 Å². The van der Waals surface area contributed by atoms with Crippen LogP contribution < -0.4 is 5.32 Å². The van der Waals surface area contributed by atoms with Crippen molar-refractivity contribution in [2.75, 3.05) is 39.8 Å². The van der Waals surface area contributed by atoms with Gasteiger partial charge in [-0.25, -0.2) is 0 Å². The van der Waals surface area contributed by atoms with Crippen LogP contribution in [0, 0.1) is 6.92 Å². The van der Waals surface area contributed by atoms with Gasteiger partial charge in [0.25, 0.3) is 0 Å². The Balaban J connectivity index is 0.00000225. The van der Waals surface area contributed by atoms with Crippen molar-refractivity contribution >= 4 is 29.9 Å². The Kier molecular flexibility index (Phi) is 7.76. The smallest absolute Gasteiger partial charge is 0.193 e. The fourth-order valence-corrected chi connectivity index (χ4v) is 2.92. The minimum absolute atomic E-state index is 0. The molecule has 0 aromatic carbocycles. The molecule has 25 heavy (non-hydrogen) atoms. The van der Waals surface area contributed by atoms with Gasteiger partial charge in [0, 0.05) is 58.8 Å². The van der Waals surface area contributed by atoms with Gasteiger partial charge < -0.3 is 19.2 Å². The number of aryl methyl sites for hydroxylation is 1. The standard InChI is InChI=1S/C17H25N5O2.HI/c1-14-12-15(20-24-14)13-21-7-9-22(10-8-21)17(18-2)19-6-5-16-4-3-11-23-16;/h3-4,11-12H,5-10,13H2,1-2H3,(H,18,19);1H. The number of aromatic nitrogens is 1. The number of nitrogens with one attached hydrogen (secondary N) is 1. The zero-order valence-electron chi connectivity index (χ0n) is 14.8. The number of halogens is 1. The summed E-state index contributed by atoms with van der Waals surface area (Å²) in [5.41, 5.74) is 1.00. The van der Waals surface area contributed by atoms with Crippen molar-refractivity contribution in [3.63, 3.8) is 0 Å². The number of guanidine groups is 1. The average Bonchev–Trinajstić information content (AvgIpc) is 3.24. The molecule has 1 saturated heterocycles. The van der Waals surface area contributed by atoms with E-state index >= 15 is 0 Å². The Morgan fingerprint density at radius 3 is 2.72 bits per heavy atom. The summed E-state index contributed by atoms with van der Waals surface area (Å²) in [5.74, 6) is 2.81. The number of hydrogen-bond donors (Lipinski definition) is 1. The predicted molar refractivity (Wildman–Crippen MR) is 107 cm³/mol. The minimum Gasteiger partial charge on any atom is -0.469 e. The molecular weight excluding hydrogens is 433 g/mol. The molecule has 2 aromatic heterocycles. The fourth-order valence-electron chi connectivity index (χ4n) is 2.92. The van der Waals surface area contributed by atoms with Crippen LogP contribution in [-0.4, -0.2) is 60.7 Å². The Bertz CT molecular complexity index is 648. The quantitative estimate of drug-likeness (QED) is 0.420. The monoisotopic (exact) mass is 459 g/mol. The minimum atomic E-state index is 0. The molecule has 1 N–H and O–H groups in total. The number of piperazine rings is 1. The Morgan fingerprint density at radius 1 is 1.32 bits per heavy atom. The van der Waals surface area contributed by atoms with E-state index in [0.717, 1.165) is 68.9 Å². The van der Waals surface area contributed by atoms with Gasteiger partial charge in [-0.05, 0) is 19.1 Å². The second kappa shape index (κ2) is 9.81. The Labute approximate surface area is 165 Å². The summed E-state index contributed by atoms with van der Waals surface area (Å²) in [7, 11) is 1.83. The molecule has 0 spiro atoms. The van der Waals surface area contributed by atoms with Crippen LogP contribution in [-0.2, 0) is 13.0 Å². The Morgan fingerprint density at radius 2 is 2.12 bits per heavy atom. The normalized spacial score (nSPS) is 15.9. The molecule has 7 nitrogen and oxygen atoms in total. The largest absolute Gasteiger partial charge is 0.469 e. The summed E-state index contributed by atoms with van der Waals surface area (Å²) in [5, 5.41) is 7.49. The van der Waals surface area contributed by atoms with Crippen LogP contribution in [0.4, 0.5) is 0 Å². The van der Waals surface area contributed by atoms with Gasteiger partial charge >= 0.3 is 0 Å². The number of hydrogen-bond acceptors (Lipinski definition) is 5. The first-order valence-corrected chi connectivity index (χ1v) is 8.37. The van der Waals surface area contributed by atoms with Gasteiger partial charge in [0.2, 0.25) is 0 Å². The zero-order chi connectivity index (χ0) is 16.8. The molecule has 0 bridgehead atoms. The summed E-state index contributed by atoms with van der Waals surface area (Å²) in [6.07, 6.45) is 2.57. The summed E-state index contributed by atoms with van der Waals surface area (Å²) >= 11 is 0. The van der Waals surface area contributed by atoms with Gasteiger partial charge in [-0.15, -0.1) is 24.0 Å². The molecule has 3 rings (SSSR count). The zero-order valence-corrected chi connectivity index (χ0v) is 17.1. The molecule has 2 aromatic rings. The maximum atomic E-state index is 5.35. The molecule has 138 valence electrons. The second-order valence-corrected chi connectivity index (χ2v) is 6.00. The van der Waals surface area contributed by atoms with E-state index in [9.17, 15) is 0 Å². The molecule has 1 aliphatic heterocycles. The summed E-state index contributed by atoms with van der Waals surface area (Å²) < 4.78 is 10.5. The lowest BCUT2D eigenvalue weighted by molar-refractivity contribution is 0.169. The highest BCUT2D eigenvalue weighted by Crippen LogP contribution is 2.09. The van der Waals surface area contributed by atoms with Crippen molar-refractivity contribution in [3.8, 4) is 0 Å². The van der Waals surface area contributed by atoms with E-state index in [1.807, 2.05) is 32.2 Å². The number of aliphatic imine (C=N–C) groups is 1. The first kappa shape index (κ1) is 19.8. The SMILES string of the molecule is CN=C(NCCc1ccco1)N1CCN(Cc2cc(C)on2)CC1.I.